The van der Waals surface area contributed by atoms with Gasteiger partial charge in [-0.3, -0.25) is 0 Å². The highest BCUT2D eigenvalue weighted by Crippen LogP contribution is 2.35. The summed E-state index contributed by atoms with van der Waals surface area (Å²) in [5, 5.41) is 0.253. The lowest BCUT2D eigenvalue weighted by molar-refractivity contribution is -0.297. The molecule has 0 aromatic heterocycles. The van der Waals surface area contributed by atoms with E-state index in [1.807, 2.05) is 0 Å². The van der Waals surface area contributed by atoms with Crippen molar-refractivity contribution in [2.24, 2.45) is 0 Å². The zero-order valence-electron chi connectivity index (χ0n) is 8.40. The predicted molar refractivity (Wildman–Crippen MR) is 52.1 cm³/mol. The van der Waals surface area contributed by atoms with E-state index in [1.54, 1.807) is 12.1 Å². The van der Waals surface area contributed by atoms with E-state index in [9.17, 15) is 22.0 Å². The Morgan fingerprint density at radius 2 is 1.65 bits per heavy atom. The van der Waals surface area contributed by atoms with Crippen LogP contribution in [0.4, 0.5) is 22.0 Å². The van der Waals surface area contributed by atoms with E-state index in [-0.39, 0.29) is 5.02 Å². The van der Waals surface area contributed by atoms with Crippen LogP contribution in [0.5, 0.6) is 0 Å². The SMILES string of the molecule is FC(F)(F)C(F)(F)COCc1ccccc1Cl. The third kappa shape index (κ3) is 3.81. The van der Waals surface area contributed by atoms with Crippen molar-refractivity contribution >= 4 is 11.6 Å². The number of hydrogen-bond acceptors (Lipinski definition) is 1. The van der Waals surface area contributed by atoms with Gasteiger partial charge in [-0.15, -0.1) is 0 Å². The molecule has 0 bridgehead atoms. The first-order valence-electron chi connectivity index (χ1n) is 4.50. The number of rotatable bonds is 4. The average molecular weight is 275 g/mol. The zero-order valence-corrected chi connectivity index (χ0v) is 9.16. The second-order valence-corrected chi connectivity index (χ2v) is 3.69. The fourth-order valence-electron chi connectivity index (χ4n) is 0.986. The highest BCUT2D eigenvalue weighted by molar-refractivity contribution is 6.31. The van der Waals surface area contributed by atoms with Crippen molar-refractivity contribution in [1.29, 1.82) is 0 Å². The van der Waals surface area contributed by atoms with Crippen LogP contribution in [0.15, 0.2) is 24.3 Å². The molecule has 0 unspecified atom stereocenters. The van der Waals surface area contributed by atoms with Gasteiger partial charge >= 0.3 is 12.1 Å². The molecule has 96 valence electrons. The number of ether oxygens (including phenoxy) is 1. The van der Waals surface area contributed by atoms with Crippen molar-refractivity contribution in [3.63, 3.8) is 0 Å². The fourth-order valence-corrected chi connectivity index (χ4v) is 1.18. The zero-order chi connectivity index (χ0) is 13.1. The summed E-state index contributed by atoms with van der Waals surface area (Å²) < 4.78 is 64.6. The van der Waals surface area contributed by atoms with E-state index in [2.05, 4.69) is 4.74 Å². The Morgan fingerprint density at radius 1 is 1.06 bits per heavy atom. The Morgan fingerprint density at radius 3 is 2.18 bits per heavy atom. The molecular formula is C10H8ClF5O. The van der Waals surface area contributed by atoms with Gasteiger partial charge in [-0.25, -0.2) is 0 Å². The van der Waals surface area contributed by atoms with Crippen LogP contribution in [0.1, 0.15) is 5.56 Å². The van der Waals surface area contributed by atoms with Crippen LogP contribution in [-0.2, 0) is 11.3 Å². The van der Waals surface area contributed by atoms with Gasteiger partial charge in [0.2, 0.25) is 0 Å². The number of alkyl halides is 5. The Hall–Kier alpha value is -0.880. The quantitative estimate of drug-likeness (QED) is 0.753. The molecule has 0 radical (unpaired) electrons. The van der Waals surface area contributed by atoms with Gasteiger partial charge in [-0.05, 0) is 11.6 Å². The van der Waals surface area contributed by atoms with Crippen LogP contribution in [0.3, 0.4) is 0 Å². The Bertz CT molecular complexity index is 377. The third-order valence-electron chi connectivity index (χ3n) is 1.91. The van der Waals surface area contributed by atoms with Crippen molar-refractivity contribution in [2.75, 3.05) is 6.61 Å². The van der Waals surface area contributed by atoms with Gasteiger partial charge < -0.3 is 4.74 Å². The van der Waals surface area contributed by atoms with Crippen molar-refractivity contribution in [3.8, 4) is 0 Å². The van der Waals surface area contributed by atoms with Crippen LogP contribution in [-0.4, -0.2) is 18.7 Å². The third-order valence-corrected chi connectivity index (χ3v) is 2.28. The molecule has 0 fully saturated rings. The largest absolute Gasteiger partial charge is 0.455 e. The van der Waals surface area contributed by atoms with Crippen LogP contribution in [0, 0.1) is 0 Å². The molecule has 1 nitrogen and oxygen atoms in total. The maximum absolute atomic E-state index is 12.5. The first-order valence-corrected chi connectivity index (χ1v) is 4.87. The van der Waals surface area contributed by atoms with Gasteiger partial charge in [-0.1, -0.05) is 29.8 Å². The molecule has 1 rings (SSSR count). The highest BCUT2D eigenvalue weighted by atomic mass is 35.5. The topological polar surface area (TPSA) is 9.23 Å². The highest BCUT2D eigenvalue weighted by Gasteiger charge is 2.57. The maximum atomic E-state index is 12.5. The minimum atomic E-state index is -5.60. The van der Waals surface area contributed by atoms with Gasteiger partial charge in [0.05, 0.1) is 6.61 Å². The van der Waals surface area contributed by atoms with Gasteiger partial charge in [0.25, 0.3) is 0 Å². The molecule has 0 saturated heterocycles. The molecule has 7 heteroatoms. The normalized spacial score (nSPS) is 12.8. The second kappa shape index (κ2) is 5.18. The standard InChI is InChI=1S/C10H8ClF5O/c11-8-4-2-1-3-7(8)5-17-6-9(12,13)10(14,15)16/h1-4H,5-6H2. The van der Waals surface area contributed by atoms with E-state index in [4.69, 9.17) is 11.6 Å². The van der Waals surface area contributed by atoms with Crippen LogP contribution >= 0.6 is 11.6 Å². The van der Waals surface area contributed by atoms with Gasteiger partial charge in [0.15, 0.2) is 0 Å². The predicted octanol–water partition coefficient (Wildman–Crippen LogP) is 4.05. The Kier molecular flexibility index (Phi) is 4.32. The van der Waals surface area contributed by atoms with E-state index in [0.717, 1.165) is 0 Å². The van der Waals surface area contributed by atoms with Gasteiger partial charge in [0, 0.05) is 5.02 Å². The molecule has 0 N–H and O–H groups in total. The lowest BCUT2D eigenvalue weighted by Crippen LogP contribution is -2.40. The van der Waals surface area contributed by atoms with Gasteiger partial charge in [-0.2, -0.15) is 22.0 Å². The van der Waals surface area contributed by atoms with E-state index >= 15 is 0 Å². The van der Waals surface area contributed by atoms with E-state index in [1.165, 1.54) is 12.1 Å². The smallest absolute Gasteiger partial charge is 0.370 e. The lowest BCUT2D eigenvalue weighted by atomic mass is 10.2. The summed E-state index contributed by atoms with van der Waals surface area (Å²) in [5.41, 5.74) is 0.354. The summed E-state index contributed by atoms with van der Waals surface area (Å²) in [6.07, 6.45) is -5.60. The molecule has 17 heavy (non-hydrogen) atoms. The summed E-state index contributed by atoms with van der Waals surface area (Å²) in [4.78, 5) is 0. The monoisotopic (exact) mass is 274 g/mol. The second-order valence-electron chi connectivity index (χ2n) is 3.29. The summed E-state index contributed by atoms with van der Waals surface area (Å²) in [7, 11) is 0. The first kappa shape index (κ1) is 14.2. The number of halogens is 6. The summed E-state index contributed by atoms with van der Waals surface area (Å²) in [5.74, 6) is -4.85. The van der Waals surface area contributed by atoms with E-state index in [0.29, 0.717) is 5.56 Å². The van der Waals surface area contributed by atoms with Crippen molar-refractivity contribution in [1.82, 2.24) is 0 Å². The molecular weight excluding hydrogens is 267 g/mol. The summed E-state index contributed by atoms with van der Waals surface area (Å²) in [6.45, 7) is -2.12. The summed E-state index contributed by atoms with van der Waals surface area (Å²) >= 11 is 5.67. The van der Waals surface area contributed by atoms with Crippen LogP contribution < -0.4 is 0 Å². The Labute approximate surface area is 99.1 Å². The van der Waals surface area contributed by atoms with Crippen LogP contribution in [0.25, 0.3) is 0 Å². The molecule has 0 aliphatic carbocycles. The first-order chi connectivity index (χ1) is 7.74. The molecule has 0 aliphatic heterocycles. The molecule has 1 aromatic carbocycles. The molecule has 1 aromatic rings. The lowest BCUT2D eigenvalue weighted by Gasteiger charge is -2.19. The molecule has 0 atom stereocenters. The van der Waals surface area contributed by atoms with Crippen molar-refractivity contribution in [3.05, 3.63) is 34.9 Å². The van der Waals surface area contributed by atoms with Gasteiger partial charge in [0.1, 0.15) is 6.61 Å². The average Bonchev–Trinajstić information content (AvgIpc) is 2.19. The molecule has 0 spiro atoms. The molecule has 0 aliphatic rings. The molecule has 0 saturated carbocycles. The van der Waals surface area contributed by atoms with Crippen LogP contribution in [0.2, 0.25) is 5.02 Å². The van der Waals surface area contributed by atoms with Crippen molar-refractivity contribution < 1.29 is 26.7 Å². The number of hydrogen-bond donors (Lipinski definition) is 0. The maximum Gasteiger partial charge on any atom is 0.455 e. The number of benzene rings is 1. The van der Waals surface area contributed by atoms with E-state index < -0.39 is 25.3 Å². The minimum Gasteiger partial charge on any atom is -0.370 e. The molecule has 0 amide bonds. The fraction of sp³-hybridized carbons (Fsp3) is 0.400. The summed E-state index contributed by atoms with van der Waals surface area (Å²) in [6, 6.07) is 6.15. The minimum absolute atomic E-state index is 0.253. The molecule has 0 heterocycles. The van der Waals surface area contributed by atoms with Crippen molar-refractivity contribution in [2.45, 2.75) is 18.7 Å². The Balaban J connectivity index is 2.52.